The normalized spacial score (nSPS) is 15.4. The monoisotopic (exact) mass is 271 g/mol. The summed E-state index contributed by atoms with van der Waals surface area (Å²) in [6.45, 7) is 1.83. The van der Waals surface area contributed by atoms with Crippen LogP contribution in [0.5, 0.6) is 0 Å². The summed E-state index contributed by atoms with van der Waals surface area (Å²) in [5, 5.41) is 8.69. The molecule has 1 fully saturated rings. The smallest absolute Gasteiger partial charge is 0.234 e. The standard InChI is InChI=1S/C13H25N3O3/c1-19-9-8-15-12(17)6-7-14-10-13(18)16-11-4-2-3-5-11/h11,14H,2-10H2,1H3,(H,15,17)(H,16,18). The Labute approximate surface area is 114 Å². The fraction of sp³-hybridized carbons (Fsp3) is 0.846. The van der Waals surface area contributed by atoms with Gasteiger partial charge in [0.2, 0.25) is 11.8 Å². The number of amides is 2. The van der Waals surface area contributed by atoms with E-state index in [1.807, 2.05) is 0 Å². The lowest BCUT2D eigenvalue weighted by molar-refractivity contribution is -0.122. The van der Waals surface area contributed by atoms with Gasteiger partial charge < -0.3 is 20.7 Å². The Morgan fingerprint density at radius 2 is 1.89 bits per heavy atom. The van der Waals surface area contributed by atoms with Crippen LogP contribution in [0.25, 0.3) is 0 Å². The molecule has 0 spiro atoms. The molecule has 0 aromatic heterocycles. The van der Waals surface area contributed by atoms with Crippen molar-refractivity contribution in [2.75, 3.05) is 33.4 Å². The van der Waals surface area contributed by atoms with Crippen molar-refractivity contribution in [1.82, 2.24) is 16.0 Å². The largest absolute Gasteiger partial charge is 0.383 e. The third-order valence-corrected chi connectivity index (χ3v) is 3.16. The highest BCUT2D eigenvalue weighted by Crippen LogP contribution is 2.17. The van der Waals surface area contributed by atoms with E-state index in [0.29, 0.717) is 32.2 Å². The number of carbonyl (C=O) groups is 2. The van der Waals surface area contributed by atoms with Crippen LogP contribution in [0.3, 0.4) is 0 Å². The number of hydrogen-bond donors (Lipinski definition) is 3. The summed E-state index contributed by atoms with van der Waals surface area (Å²) in [4.78, 5) is 22.9. The minimum Gasteiger partial charge on any atom is -0.383 e. The molecule has 3 N–H and O–H groups in total. The van der Waals surface area contributed by atoms with Gasteiger partial charge in [-0.3, -0.25) is 9.59 Å². The van der Waals surface area contributed by atoms with Crippen LogP contribution in [-0.4, -0.2) is 51.2 Å². The number of carbonyl (C=O) groups excluding carboxylic acids is 2. The van der Waals surface area contributed by atoms with Gasteiger partial charge in [-0.15, -0.1) is 0 Å². The van der Waals surface area contributed by atoms with E-state index in [1.54, 1.807) is 7.11 Å². The number of ether oxygens (including phenoxy) is 1. The zero-order valence-electron chi connectivity index (χ0n) is 11.7. The van der Waals surface area contributed by atoms with E-state index in [0.717, 1.165) is 12.8 Å². The van der Waals surface area contributed by atoms with E-state index in [-0.39, 0.29) is 18.4 Å². The molecular weight excluding hydrogens is 246 g/mol. The minimum atomic E-state index is -0.0271. The van der Waals surface area contributed by atoms with Gasteiger partial charge in [-0.1, -0.05) is 12.8 Å². The zero-order chi connectivity index (χ0) is 13.9. The van der Waals surface area contributed by atoms with Crippen LogP contribution in [0, 0.1) is 0 Å². The number of methoxy groups -OCH3 is 1. The second kappa shape index (κ2) is 9.75. The Morgan fingerprint density at radius 1 is 1.16 bits per heavy atom. The number of nitrogens with one attached hydrogen (secondary N) is 3. The van der Waals surface area contributed by atoms with E-state index >= 15 is 0 Å². The van der Waals surface area contributed by atoms with Gasteiger partial charge in [0.1, 0.15) is 0 Å². The van der Waals surface area contributed by atoms with E-state index in [1.165, 1.54) is 12.8 Å². The fourth-order valence-corrected chi connectivity index (χ4v) is 2.13. The molecular formula is C13H25N3O3. The third-order valence-electron chi connectivity index (χ3n) is 3.16. The van der Waals surface area contributed by atoms with Gasteiger partial charge in [0.15, 0.2) is 0 Å². The molecule has 6 heteroatoms. The molecule has 0 aromatic rings. The van der Waals surface area contributed by atoms with Crippen molar-refractivity contribution in [2.45, 2.75) is 38.1 Å². The lowest BCUT2D eigenvalue weighted by Gasteiger charge is -2.12. The second-order valence-electron chi connectivity index (χ2n) is 4.82. The Bertz CT molecular complexity index is 278. The summed E-state index contributed by atoms with van der Waals surface area (Å²) in [5.41, 5.74) is 0. The average Bonchev–Trinajstić information content (AvgIpc) is 2.88. The van der Waals surface area contributed by atoms with Gasteiger partial charge in [0.05, 0.1) is 13.2 Å². The highest BCUT2D eigenvalue weighted by Gasteiger charge is 2.16. The molecule has 1 rings (SSSR count). The first-order chi connectivity index (χ1) is 9.22. The van der Waals surface area contributed by atoms with Crippen molar-refractivity contribution >= 4 is 11.8 Å². The lowest BCUT2D eigenvalue weighted by Crippen LogP contribution is -2.40. The van der Waals surface area contributed by atoms with E-state index in [9.17, 15) is 9.59 Å². The topological polar surface area (TPSA) is 79.5 Å². The van der Waals surface area contributed by atoms with Crippen LogP contribution in [0.15, 0.2) is 0 Å². The molecule has 1 aliphatic carbocycles. The molecule has 0 atom stereocenters. The molecule has 2 amide bonds. The molecule has 1 aliphatic rings. The molecule has 0 saturated heterocycles. The first-order valence-corrected chi connectivity index (χ1v) is 6.98. The minimum absolute atomic E-state index is 0.0201. The van der Waals surface area contributed by atoms with Gasteiger partial charge in [-0.25, -0.2) is 0 Å². The highest BCUT2D eigenvalue weighted by atomic mass is 16.5. The third kappa shape index (κ3) is 7.79. The average molecular weight is 271 g/mol. The van der Waals surface area contributed by atoms with Crippen LogP contribution in [0.4, 0.5) is 0 Å². The quantitative estimate of drug-likeness (QED) is 0.507. The maximum absolute atomic E-state index is 11.6. The summed E-state index contributed by atoms with van der Waals surface area (Å²) in [6.07, 6.45) is 4.97. The molecule has 0 bridgehead atoms. The van der Waals surface area contributed by atoms with Crippen LogP contribution in [-0.2, 0) is 14.3 Å². The Kier molecular flexibility index (Phi) is 8.16. The van der Waals surface area contributed by atoms with Crippen molar-refractivity contribution in [3.63, 3.8) is 0 Å². The predicted molar refractivity (Wildman–Crippen MR) is 72.8 cm³/mol. The van der Waals surface area contributed by atoms with Crippen molar-refractivity contribution in [3.8, 4) is 0 Å². The van der Waals surface area contributed by atoms with Gasteiger partial charge in [0.25, 0.3) is 0 Å². The van der Waals surface area contributed by atoms with Crippen LogP contribution >= 0.6 is 0 Å². The molecule has 19 heavy (non-hydrogen) atoms. The number of rotatable bonds is 9. The summed E-state index contributed by atoms with van der Waals surface area (Å²) < 4.78 is 4.83. The molecule has 0 aliphatic heterocycles. The van der Waals surface area contributed by atoms with Gasteiger partial charge in [0, 0.05) is 32.7 Å². The Balaban J connectivity index is 1.94. The molecule has 1 saturated carbocycles. The van der Waals surface area contributed by atoms with Gasteiger partial charge in [-0.2, -0.15) is 0 Å². The van der Waals surface area contributed by atoms with Crippen LogP contribution < -0.4 is 16.0 Å². The van der Waals surface area contributed by atoms with Crippen LogP contribution in [0.2, 0.25) is 0 Å². The molecule has 0 unspecified atom stereocenters. The molecule has 0 aromatic carbocycles. The Hall–Kier alpha value is -1.14. The van der Waals surface area contributed by atoms with E-state index < -0.39 is 0 Å². The second-order valence-corrected chi connectivity index (χ2v) is 4.82. The van der Waals surface area contributed by atoms with Crippen molar-refractivity contribution in [3.05, 3.63) is 0 Å². The van der Waals surface area contributed by atoms with Crippen molar-refractivity contribution in [1.29, 1.82) is 0 Å². The van der Waals surface area contributed by atoms with Crippen molar-refractivity contribution in [2.24, 2.45) is 0 Å². The number of hydrogen-bond acceptors (Lipinski definition) is 4. The van der Waals surface area contributed by atoms with Gasteiger partial charge in [-0.05, 0) is 12.8 Å². The van der Waals surface area contributed by atoms with Gasteiger partial charge >= 0.3 is 0 Å². The Morgan fingerprint density at radius 3 is 2.58 bits per heavy atom. The fourth-order valence-electron chi connectivity index (χ4n) is 2.13. The van der Waals surface area contributed by atoms with E-state index in [4.69, 9.17) is 4.74 Å². The van der Waals surface area contributed by atoms with Crippen molar-refractivity contribution < 1.29 is 14.3 Å². The molecule has 0 heterocycles. The summed E-state index contributed by atoms with van der Waals surface area (Å²) >= 11 is 0. The maximum Gasteiger partial charge on any atom is 0.234 e. The predicted octanol–water partition coefficient (Wildman–Crippen LogP) is -0.212. The maximum atomic E-state index is 11.6. The first-order valence-electron chi connectivity index (χ1n) is 6.98. The summed E-state index contributed by atoms with van der Waals surface area (Å²) in [5.74, 6) is -0.00700. The first kappa shape index (κ1) is 15.9. The summed E-state index contributed by atoms with van der Waals surface area (Å²) in [6, 6.07) is 0.353. The highest BCUT2D eigenvalue weighted by molar-refractivity contribution is 5.78. The molecule has 0 radical (unpaired) electrons. The summed E-state index contributed by atoms with van der Waals surface area (Å²) in [7, 11) is 1.59. The molecule has 6 nitrogen and oxygen atoms in total. The SMILES string of the molecule is COCCNC(=O)CCNCC(=O)NC1CCCC1. The molecule has 110 valence electrons. The lowest BCUT2D eigenvalue weighted by atomic mass is 10.2. The van der Waals surface area contributed by atoms with E-state index in [2.05, 4.69) is 16.0 Å². The zero-order valence-corrected chi connectivity index (χ0v) is 11.7. The van der Waals surface area contributed by atoms with Crippen LogP contribution in [0.1, 0.15) is 32.1 Å².